The number of amides is 1. The lowest BCUT2D eigenvalue weighted by atomic mass is 10.0. The van der Waals surface area contributed by atoms with E-state index in [4.69, 9.17) is 11.6 Å². The van der Waals surface area contributed by atoms with Gasteiger partial charge in [0.15, 0.2) is 0 Å². The van der Waals surface area contributed by atoms with Crippen molar-refractivity contribution < 1.29 is 13.2 Å². The molecule has 6 nitrogen and oxygen atoms in total. The molecule has 1 aliphatic heterocycles. The molecule has 1 atom stereocenters. The first kappa shape index (κ1) is 20.6. The molecule has 8 heteroatoms. The quantitative estimate of drug-likeness (QED) is 0.778. The third-order valence-electron chi connectivity index (χ3n) is 4.76. The van der Waals surface area contributed by atoms with Crippen LogP contribution < -0.4 is 9.62 Å². The Hall–Kier alpha value is -2.09. The Balaban J connectivity index is 1.64. The van der Waals surface area contributed by atoms with Gasteiger partial charge in [0.05, 0.1) is 12.3 Å². The van der Waals surface area contributed by atoms with E-state index in [1.165, 1.54) is 0 Å². The molecule has 0 aromatic heterocycles. The summed E-state index contributed by atoms with van der Waals surface area (Å²) in [4.78, 5) is 16.9. The van der Waals surface area contributed by atoms with Gasteiger partial charge in [0, 0.05) is 43.3 Å². The molecule has 1 fully saturated rings. The monoisotopic (exact) mass is 421 g/mol. The fourth-order valence-electron chi connectivity index (χ4n) is 3.34. The highest BCUT2D eigenvalue weighted by molar-refractivity contribution is 7.88. The van der Waals surface area contributed by atoms with Gasteiger partial charge < -0.3 is 9.80 Å². The Morgan fingerprint density at radius 3 is 2.21 bits per heavy atom. The number of nitrogens with zero attached hydrogens (tertiary/aromatic N) is 2. The van der Waals surface area contributed by atoms with Crippen LogP contribution in [0.3, 0.4) is 0 Å². The molecule has 2 aromatic carbocycles. The lowest BCUT2D eigenvalue weighted by molar-refractivity contribution is -0.132. The maximum atomic E-state index is 12.8. The van der Waals surface area contributed by atoms with E-state index >= 15 is 0 Å². The van der Waals surface area contributed by atoms with Crippen molar-refractivity contribution in [1.82, 2.24) is 9.62 Å². The van der Waals surface area contributed by atoms with Crippen LogP contribution in [0.2, 0.25) is 5.02 Å². The second-order valence-electron chi connectivity index (χ2n) is 6.90. The number of hydrogen-bond donors (Lipinski definition) is 1. The fourth-order valence-corrected chi connectivity index (χ4v) is 4.20. The normalized spacial score (nSPS) is 16.1. The molecular formula is C20H24ClN3O3S. The van der Waals surface area contributed by atoms with Gasteiger partial charge in [0.2, 0.25) is 15.9 Å². The Morgan fingerprint density at radius 2 is 1.64 bits per heavy atom. The minimum absolute atomic E-state index is 0.0659. The van der Waals surface area contributed by atoms with Gasteiger partial charge in [0.1, 0.15) is 0 Å². The number of nitrogens with one attached hydrogen (secondary N) is 1. The van der Waals surface area contributed by atoms with Crippen molar-refractivity contribution in [1.29, 1.82) is 0 Å². The summed E-state index contributed by atoms with van der Waals surface area (Å²) in [7, 11) is -3.46. The molecule has 1 heterocycles. The van der Waals surface area contributed by atoms with Gasteiger partial charge in [0.25, 0.3) is 0 Å². The van der Waals surface area contributed by atoms with Crippen LogP contribution in [0.1, 0.15) is 18.0 Å². The summed E-state index contributed by atoms with van der Waals surface area (Å²) >= 11 is 5.92. The Bertz CT molecular complexity index is 896. The van der Waals surface area contributed by atoms with E-state index in [0.717, 1.165) is 25.0 Å². The van der Waals surface area contributed by atoms with Crippen LogP contribution in [0.4, 0.5) is 5.69 Å². The van der Waals surface area contributed by atoms with Crippen LogP contribution in [0, 0.1) is 0 Å². The molecule has 150 valence electrons. The molecule has 0 bridgehead atoms. The molecule has 3 rings (SSSR count). The van der Waals surface area contributed by atoms with E-state index in [-0.39, 0.29) is 12.3 Å². The highest BCUT2D eigenvalue weighted by atomic mass is 35.5. The second-order valence-corrected chi connectivity index (χ2v) is 9.12. The zero-order valence-electron chi connectivity index (χ0n) is 15.7. The van der Waals surface area contributed by atoms with Crippen molar-refractivity contribution in [2.24, 2.45) is 0 Å². The minimum Gasteiger partial charge on any atom is -0.368 e. The van der Waals surface area contributed by atoms with E-state index < -0.39 is 16.1 Å². The summed E-state index contributed by atoms with van der Waals surface area (Å²) in [6.45, 7) is 2.72. The number of halogens is 1. The van der Waals surface area contributed by atoms with Gasteiger partial charge in [-0.15, -0.1) is 0 Å². The van der Waals surface area contributed by atoms with Crippen molar-refractivity contribution in [2.75, 3.05) is 37.3 Å². The Labute approximate surface area is 171 Å². The van der Waals surface area contributed by atoms with Crippen LogP contribution in [0.25, 0.3) is 0 Å². The molecule has 2 aromatic rings. The molecule has 1 amide bonds. The number of piperazine rings is 1. The van der Waals surface area contributed by atoms with Gasteiger partial charge in [-0.05, 0) is 29.8 Å². The number of benzene rings is 2. The first-order valence-corrected chi connectivity index (χ1v) is 11.4. The summed E-state index contributed by atoms with van der Waals surface area (Å²) in [6, 6.07) is 16.3. The number of rotatable bonds is 6. The van der Waals surface area contributed by atoms with Crippen LogP contribution in [-0.2, 0) is 14.8 Å². The highest BCUT2D eigenvalue weighted by Crippen LogP contribution is 2.22. The zero-order chi connectivity index (χ0) is 20.1. The average Bonchev–Trinajstić information content (AvgIpc) is 2.68. The second kappa shape index (κ2) is 8.94. The molecule has 0 aliphatic carbocycles. The molecule has 0 unspecified atom stereocenters. The predicted molar refractivity (Wildman–Crippen MR) is 112 cm³/mol. The van der Waals surface area contributed by atoms with Crippen molar-refractivity contribution >= 4 is 33.2 Å². The summed E-state index contributed by atoms with van der Waals surface area (Å²) < 4.78 is 26.1. The molecular weight excluding hydrogens is 398 g/mol. The lowest BCUT2D eigenvalue weighted by Crippen LogP contribution is -2.49. The van der Waals surface area contributed by atoms with Gasteiger partial charge >= 0.3 is 0 Å². The molecule has 0 saturated carbocycles. The van der Waals surface area contributed by atoms with E-state index in [1.807, 2.05) is 18.2 Å². The van der Waals surface area contributed by atoms with E-state index in [9.17, 15) is 13.2 Å². The van der Waals surface area contributed by atoms with E-state index in [0.29, 0.717) is 23.7 Å². The average molecular weight is 422 g/mol. The maximum absolute atomic E-state index is 12.8. The number of sulfonamides is 1. The number of carbonyl (C=O) groups excluding carboxylic acids is 1. The van der Waals surface area contributed by atoms with Crippen molar-refractivity contribution in [3.05, 3.63) is 65.2 Å². The number of anilines is 1. The zero-order valence-corrected chi connectivity index (χ0v) is 17.3. The molecule has 28 heavy (non-hydrogen) atoms. The molecule has 1 saturated heterocycles. The number of para-hydroxylation sites is 1. The van der Waals surface area contributed by atoms with Crippen LogP contribution in [0.5, 0.6) is 0 Å². The largest absolute Gasteiger partial charge is 0.368 e. The number of carbonyl (C=O) groups is 1. The molecule has 0 radical (unpaired) electrons. The fraction of sp³-hybridized carbons (Fsp3) is 0.350. The molecule has 0 spiro atoms. The third-order valence-corrected chi connectivity index (χ3v) is 5.73. The SMILES string of the molecule is CS(=O)(=O)N[C@@H](CC(=O)N1CCN(c2ccccc2)CC1)c1ccc(Cl)cc1. The first-order chi connectivity index (χ1) is 13.3. The van der Waals surface area contributed by atoms with Crippen molar-refractivity contribution in [3.8, 4) is 0 Å². The summed E-state index contributed by atoms with van der Waals surface area (Å²) in [5, 5.41) is 0.560. The predicted octanol–water partition coefficient (Wildman–Crippen LogP) is 2.67. The highest BCUT2D eigenvalue weighted by Gasteiger charge is 2.26. The summed E-state index contributed by atoms with van der Waals surface area (Å²) in [5.74, 6) is -0.0659. The smallest absolute Gasteiger partial charge is 0.224 e. The van der Waals surface area contributed by atoms with E-state index in [1.54, 1.807) is 29.2 Å². The first-order valence-electron chi connectivity index (χ1n) is 9.12. The third kappa shape index (κ3) is 5.70. The summed E-state index contributed by atoms with van der Waals surface area (Å²) in [5.41, 5.74) is 1.86. The van der Waals surface area contributed by atoms with Gasteiger partial charge in [-0.1, -0.05) is 41.9 Å². The van der Waals surface area contributed by atoms with Gasteiger partial charge in [-0.2, -0.15) is 0 Å². The standard InChI is InChI=1S/C20H24ClN3O3S/c1-28(26,27)22-19(16-7-9-17(21)10-8-16)15-20(25)24-13-11-23(12-14-24)18-5-3-2-4-6-18/h2-10,19,22H,11-15H2,1H3/t19-/m0/s1. The van der Waals surface area contributed by atoms with Crippen molar-refractivity contribution in [2.45, 2.75) is 12.5 Å². The Kier molecular flexibility index (Phi) is 6.59. The maximum Gasteiger partial charge on any atom is 0.224 e. The van der Waals surface area contributed by atoms with Gasteiger partial charge in [-0.3, -0.25) is 4.79 Å². The minimum atomic E-state index is -3.46. The molecule has 1 N–H and O–H groups in total. The summed E-state index contributed by atoms with van der Waals surface area (Å²) in [6.07, 6.45) is 1.17. The van der Waals surface area contributed by atoms with Crippen LogP contribution in [-0.4, -0.2) is 51.7 Å². The Morgan fingerprint density at radius 1 is 1.04 bits per heavy atom. The topological polar surface area (TPSA) is 69.7 Å². The van der Waals surface area contributed by atoms with E-state index in [2.05, 4.69) is 21.8 Å². The lowest BCUT2D eigenvalue weighted by Gasteiger charge is -2.36. The van der Waals surface area contributed by atoms with Crippen LogP contribution >= 0.6 is 11.6 Å². The van der Waals surface area contributed by atoms with Gasteiger partial charge in [-0.25, -0.2) is 13.1 Å². The van der Waals surface area contributed by atoms with Crippen LogP contribution in [0.15, 0.2) is 54.6 Å². The van der Waals surface area contributed by atoms with Crippen molar-refractivity contribution in [3.63, 3.8) is 0 Å². The number of hydrogen-bond acceptors (Lipinski definition) is 4. The molecule has 1 aliphatic rings.